The molecule has 0 radical (unpaired) electrons. The Morgan fingerprint density at radius 3 is 2.25 bits per heavy atom. The Labute approximate surface area is 153 Å². The van der Waals surface area contributed by atoms with Crippen molar-refractivity contribution >= 4 is 23.7 Å². The normalized spacial score (nSPS) is 11.6. The molecule has 1 aromatic heterocycles. The van der Waals surface area contributed by atoms with Crippen LogP contribution in [0.4, 0.5) is 0 Å². The molecular weight excluding hydrogens is 338 g/mol. The van der Waals surface area contributed by atoms with Crippen LogP contribution >= 0.6 is 23.7 Å². The Bertz CT molecular complexity index is 749. The van der Waals surface area contributed by atoms with Gasteiger partial charge in [-0.3, -0.25) is 0 Å². The van der Waals surface area contributed by atoms with Crippen LogP contribution in [0.2, 0.25) is 0 Å². The van der Waals surface area contributed by atoms with Crippen LogP contribution in [0.5, 0.6) is 5.75 Å². The van der Waals surface area contributed by atoms with E-state index < -0.39 is 0 Å². The number of hydrogen-bond acceptors (Lipinski definition) is 3. The highest BCUT2D eigenvalue weighted by Gasteiger charge is 2.13. The molecule has 0 aliphatic carbocycles. The summed E-state index contributed by atoms with van der Waals surface area (Å²) in [7, 11) is 0. The highest BCUT2D eigenvalue weighted by molar-refractivity contribution is 7.08. The third-order valence-corrected chi connectivity index (χ3v) is 4.67. The van der Waals surface area contributed by atoms with Gasteiger partial charge in [0.15, 0.2) is 0 Å². The molecule has 0 spiro atoms. The summed E-state index contributed by atoms with van der Waals surface area (Å²) in [6, 6.07) is 16.5. The first-order chi connectivity index (χ1) is 11.1. The summed E-state index contributed by atoms with van der Waals surface area (Å²) in [5.41, 5.74) is 12.1. The van der Waals surface area contributed by atoms with Crippen LogP contribution in [0.15, 0.2) is 59.3 Å². The second kappa shape index (κ2) is 8.34. The summed E-state index contributed by atoms with van der Waals surface area (Å²) in [5.74, 6) is 0.954. The van der Waals surface area contributed by atoms with Crippen LogP contribution in [0, 0.1) is 13.8 Å². The number of nitrogens with two attached hydrogens (primary N) is 1. The van der Waals surface area contributed by atoms with Gasteiger partial charge in [0, 0.05) is 0 Å². The third kappa shape index (κ3) is 4.18. The van der Waals surface area contributed by atoms with Gasteiger partial charge in [-0.25, -0.2) is 0 Å². The van der Waals surface area contributed by atoms with Gasteiger partial charge >= 0.3 is 0 Å². The van der Waals surface area contributed by atoms with E-state index in [9.17, 15) is 0 Å². The second-order valence-electron chi connectivity index (χ2n) is 5.79. The molecule has 1 atom stereocenters. The van der Waals surface area contributed by atoms with E-state index in [1.54, 1.807) is 11.3 Å². The Hall–Kier alpha value is -1.81. The zero-order valence-corrected chi connectivity index (χ0v) is 15.5. The van der Waals surface area contributed by atoms with Crippen molar-refractivity contribution in [3.05, 3.63) is 87.1 Å². The molecule has 1 heterocycles. The molecule has 2 N–H and O–H groups in total. The largest absolute Gasteiger partial charge is 0.488 e. The fourth-order valence-corrected chi connectivity index (χ4v) is 3.46. The van der Waals surface area contributed by atoms with Gasteiger partial charge in [-0.1, -0.05) is 42.5 Å². The van der Waals surface area contributed by atoms with Gasteiger partial charge in [0.1, 0.15) is 12.4 Å². The van der Waals surface area contributed by atoms with Gasteiger partial charge in [-0.15, -0.1) is 12.4 Å². The summed E-state index contributed by atoms with van der Waals surface area (Å²) in [6.45, 7) is 4.74. The Morgan fingerprint density at radius 1 is 1.00 bits per heavy atom. The zero-order chi connectivity index (χ0) is 16.2. The molecule has 0 bridgehead atoms. The maximum absolute atomic E-state index is 6.38. The fraction of sp³-hybridized carbons (Fsp3) is 0.200. The van der Waals surface area contributed by atoms with Crippen LogP contribution in [0.25, 0.3) is 0 Å². The minimum absolute atomic E-state index is 0. The van der Waals surface area contributed by atoms with Crippen molar-refractivity contribution in [3.63, 3.8) is 0 Å². The Kier molecular flexibility index (Phi) is 6.44. The summed E-state index contributed by atoms with van der Waals surface area (Å²) in [4.78, 5) is 0. The number of aryl methyl sites for hydroxylation is 2. The van der Waals surface area contributed by atoms with E-state index in [0.717, 1.165) is 28.0 Å². The van der Waals surface area contributed by atoms with E-state index in [0.29, 0.717) is 6.61 Å². The molecule has 3 rings (SSSR count). The van der Waals surface area contributed by atoms with Gasteiger partial charge < -0.3 is 10.5 Å². The van der Waals surface area contributed by atoms with Crippen molar-refractivity contribution in [3.8, 4) is 5.75 Å². The Morgan fingerprint density at radius 2 is 1.67 bits per heavy atom. The molecule has 0 saturated heterocycles. The lowest BCUT2D eigenvalue weighted by Gasteiger charge is -2.17. The van der Waals surface area contributed by atoms with E-state index in [1.807, 2.05) is 18.2 Å². The van der Waals surface area contributed by atoms with Crippen molar-refractivity contribution in [2.45, 2.75) is 26.5 Å². The maximum Gasteiger partial charge on any atom is 0.125 e. The molecule has 2 aromatic carbocycles. The summed E-state index contributed by atoms with van der Waals surface area (Å²) in [5, 5.41) is 4.17. The van der Waals surface area contributed by atoms with Crippen molar-refractivity contribution in [1.82, 2.24) is 0 Å². The molecule has 0 aliphatic heterocycles. The van der Waals surface area contributed by atoms with Crippen molar-refractivity contribution in [2.24, 2.45) is 5.73 Å². The molecule has 24 heavy (non-hydrogen) atoms. The smallest absolute Gasteiger partial charge is 0.125 e. The summed E-state index contributed by atoms with van der Waals surface area (Å²) >= 11 is 1.68. The van der Waals surface area contributed by atoms with E-state index in [1.165, 1.54) is 5.56 Å². The number of hydrogen-bond donors (Lipinski definition) is 1. The number of rotatable bonds is 5. The van der Waals surface area contributed by atoms with Crippen LogP contribution in [0.3, 0.4) is 0 Å². The maximum atomic E-state index is 6.38. The number of halogens is 1. The van der Waals surface area contributed by atoms with Gasteiger partial charge in [-0.2, -0.15) is 11.3 Å². The first-order valence-corrected chi connectivity index (χ1v) is 8.65. The van der Waals surface area contributed by atoms with Gasteiger partial charge in [-0.05, 0) is 58.5 Å². The minimum atomic E-state index is -0.0816. The lowest BCUT2D eigenvalue weighted by molar-refractivity contribution is 0.302. The lowest BCUT2D eigenvalue weighted by atomic mass is 9.97. The molecular formula is C20H22ClNOS. The number of benzene rings is 2. The lowest BCUT2D eigenvalue weighted by Crippen LogP contribution is -2.12. The summed E-state index contributed by atoms with van der Waals surface area (Å²) < 4.78 is 6.04. The molecule has 0 saturated carbocycles. The van der Waals surface area contributed by atoms with E-state index in [2.05, 4.69) is 54.9 Å². The average Bonchev–Trinajstić information content (AvgIpc) is 3.08. The van der Waals surface area contributed by atoms with Crippen LogP contribution < -0.4 is 10.5 Å². The predicted octanol–water partition coefficient (Wildman–Crippen LogP) is 5.41. The average molecular weight is 360 g/mol. The molecule has 2 nitrogen and oxygen atoms in total. The van der Waals surface area contributed by atoms with Gasteiger partial charge in [0.25, 0.3) is 0 Å². The van der Waals surface area contributed by atoms with Crippen molar-refractivity contribution in [2.75, 3.05) is 0 Å². The molecule has 3 aromatic rings. The summed E-state index contributed by atoms with van der Waals surface area (Å²) in [6.07, 6.45) is 0. The molecule has 0 aliphatic rings. The number of ether oxygens (including phenoxy) is 1. The first-order valence-electron chi connectivity index (χ1n) is 7.70. The number of thiophene rings is 1. The van der Waals surface area contributed by atoms with E-state index in [-0.39, 0.29) is 18.4 Å². The van der Waals surface area contributed by atoms with Crippen molar-refractivity contribution < 1.29 is 4.74 Å². The van der Waals surface area contributed by atoms with Crippen LogP contribution in [0.1, 0.15) is 33.9 Å². The highest BCUT2D eigenvalue weighted by atomic mass is 35.5. The standard InChI is InChI=1S/C20H21NOS.ClH/c1-14-10-18(19(21)17-8-9-23-13-17)11-15(2)20(14)22-12-16-6-4-3-5-7-16;/h3-11,13,19H,12,21H2,1-2H3;1H/t19-;/m1./s1. The van der Waals surface area contributed by atoms with Gasteiger partial charge in [0.2, 0.25) is 0 Å². The predicted molar refractivity (Wildman–Crippen MR) is 104 cm³/mol. The van der Waals surface area contributed by atoms with E-state index in [4.69, 9.17) is 10.5 Å². The molecule has 0 unspecified atom stereocenters. The first kappa shape index (κ1) is 18.5. The van der Waals surface area contributed by atoms with Gasteiger partial charge in [0.05, 0.1) is 6.04 Å². The van der Waals surface area contributed by atoms with Crippen molar-refractivity contribution in [1.29, 1.82) is 0 Å². The minimum Gasteiger partial charge on any atom is -0.488 e. The monoisotopic (exact) mass is 359 g/mol. The van der Waals surface area contributed by atoms with Crippen LogP contribution in [-0.2, 0) is 6.61 Å². The highest BCUT2D eigenvalue weighted by Crippen LogP contribution is 2.30. The SMILES string of the molecule is Cc1cc([C@H](N)c2ccsc2)cc(C)c1OCc1ccccc1.Cl. The van der Waals surface area contributed by atoms with Crippen LogP contribution in [-0.4, -0.2) is 0 Å². The third-order valence-electron chi connectivity index (χ3n) is 3.97. The van der Waals surface area contributed by atoms with E-state index >= 15 is 0 Å². The zero-order valence-electron chi connectivity index (χ0n) is 13.9. The molecule has 126 valence electrons. The Balaban J connectivity index is 0.00000208. The molecule has 0 amide bonds. The fourth-order valence-electron chi connectivity index (χ4n) is 2.77. The quantitative estimate of drug-likeness (QED) is 0.660. The molecule has 4 heteroatoms. The molecule has 0 fully saturated rings. The second-order valence-corrected chi connectivity index (χ2v) is 6.57. The topological polar surface area (TPSA) is 35.2 Å².